The van der Waals surface area contributed by atoms with Gasteiger partial charge in [0.1, 0.15) is 17.7 Å². The second kappa shape index (κ2) is 13.0. The average molecular weight is 477 g/mol. The Balaban J connectivity index is 2.91. The van der Waals surface area contributed by atoms with Gasteiger partial charge in [0, 0.05) is 18.2 Å². The number of rotatable bonds is 9. The van der Waals surface area contributed by atoms with Crippen LogP contribution < -0.4 is 11.1 Å². The van der Waals surface area contributed by atoms with Crippen LogP contribution in [-0.4, -0.2) is 41.3 Å². The standard InChI is InChI=1S/C25H37FN4O4/c1-8-12-30(15-34-24(33)22(27)16(3)9-2)17(4)28-23(32)18-10-11-20(19(26)13-18)29-21(31)14-25(5,6)7/h8,10-13,16,22H,9,14-15,27H2,1-7H3,(H,29,31)/b12-8-,28-17?/t16-,22?/m0/s1. The Morgan fingerprint density at radius 1 is 1.29 bits per heavy atom. The lowest BCUT2D eigenvalue weighted by Gasteiger charge is -2.22. The van der Waals surface area contributed by atoms with Crippen molar-refractivity contribution in [3.05, 3.63) is 41.9 Å². The average Bonchev–Trinajstić information content (AvgIpc) is 2.75. The molecule has 1 unspecified atom stereocenters. The molecule has 1 aromatic carbocycles. The van der Waals surface area contributed by atoms with Gasteiger partial charge in [0.05, 0.1) is 5.69 Å². The van der Waals surface area contributed by atoms with Gasteiger partial charge in [-0.3, -0.25) is 14.4 Å². The molecule has 1 aromatic rings. The lowest BCUT2D eigenvalue weighted by atomic mass is 9.92. The fourth-order valence-corrected chi connectivity index (χ4v) is 2.84. The lowest BCUT2D eigenvalue weighted by Crippen LogP contribution is -2.40. The van der Waals surface area contributed by atoms with E-state index in [0.29, 0.717) is 0 Å². The summed E-state index contributed by atoms with van der Waals surface area (Å²) in [6, 6.07) is 2.99. The van der Waals surface area contributed by atoms with Crippen molar-refractivity contribution in [1.29, 1.82) is 0 Å². The summed E-state index contributed by atoms with van der Waals surface area (Å²) >= 11 is 0. The first-order valence-electron chi connectivity index (χ1n) is 11.3. The van der Waals surface area contributed by atoms with Crippen molar-refractivity contribution >= 4 is 29.3 Å². The van der Waals surface area contributed by atoms with E-state index in [1.807, 2.05) is 34.6 Å². The summed E-state index contributed by atoms with van der Waals surface area (Å²) in [7, 11) is 0. The van der Waals surface area contributed by atoms with Gasteiger partial charge in [0.25, 0.3) is 5.91 Å². The normalized spacial score (nSPS) is 14.0. The summed E-state index contributed by atoms with van der Waals surface area (Å²) in [6.45, 7) is 12.7. The maximum absolute atomic E-state index is 14.5. The molecule has 0 aliphatic carbocycles. The highest BCUT2D eigenvalue weighted by Gasteiger charge is 2.22. The van der Waals surface area contributed by atoms with E-state index >= 15 is 0 Å². The number of esters is 1. The number of ether oxygens (including phenoxy) is 1. The first kappa shape index (κ1) is 29.0. The van der Waals surface area contributed by atoms with Crippen molar-refractivity contribution in [3.8, 4) is 0 Å². The zero-order chi connectivity index (χ0) is 26.1. The number of aliphatic imine (C=N–C) groups is 1. The number of nitrogens with two attached hydrogens (primary N) is 1. The molecule has 0 saturated carbocycles. The molecule has 0 radical (unpaired) electrons. The molecule has 188 valence electrons. The smallest absolute Gasteiger partial charge is 0.324 e. The Hall–Kier alpha value is -3.07. The van der Waals surface area contributed by atoms with Gasteiger partial charge in [-0.05, 0) is 43.4 Å². The van der Waals surface area contributed by atoms with Crippen molar-refractivity contribution in [2.75, 3.05) is 12.0 Å². The molecule has 34 heavy (non-hydrogen) atoms. The molecular weight excluding hydrogens is 439 g/mol. The predicted octanol–water partition coefficient (Wildman–Crippen LogP) is 4.47. The van der Waals surface area contributed by atoms with Crippen LogP contribution in [0.15, 0.2) is 35.5 Å². The molecule has 0 saturated heterocycles. The van der Waals surface area contributed by atoms with E-state index in [-0.39, 0.29) is 47.5 Å². The summed E-state index contributed by atoms with van der Waals surface area (Å²) in [5.74, 6) is -2.07. The number of allylic oxidation sites excluding steroid dienone is 1. The summed E-state index contributed by atoms with van der Waals surface area (Å²) in [5, 5.41) is 2.52. The zero-order valence-electron chi connectivity index (χ0n) is 21.1. The number of nitrogens with one attached hydrogen (secondary N) is 1. The number of amidine groups is 1. The monoisotopic (exact) mass is 476 g/mol. The van der Waals surface area contributed by atoms with Gasteiger partial charge in [0.2, 0.25) is 5.91 Å². The van der Waals surface area contributed by atoms with Gasteiger partial charge in [-0.15, -0.1) is 0 Å². The van der Waals surface area contributed by atoms with Gasteiger partial charge in [-0.25, -0.2) is 4.39 Å². The number of carbonyl (C=O) groups is 3. The van der Waals surface area contributed by atoms with E-state index in [1.165, 1.54) is 17.0 Å². The number of nitrogens with zero attached hydrogens (tertiary/aromatic N) is 2. The maximum atomic E-state index is 14.5. The topological polar surface area (TPSA) is 114 Å². The summed E-state index contributed by atoms with van der Waals surface area (Å²) in [6.07, 6.45) is 4.26. The van der Waals surface area contributed by atoms with E-state index in [1.54, 1.807) is 26.1 Å². The van der Waals surface area contributed by atoms with Gasteiger partial charge in [0.15, 0.2) is 6.73 Å². The van der Waals surface area contributed by atoms with Crippen molar-refractivity contribution in [3.63, 3.8) is 0 Å². The summed E-state index contributed by atoms with van der Waals surface area (Å²) in [4.78, 5) is 42.3. The van der Waals surface area contributed by atoms with Crippen molar-refractivity contribution in [1.82, 2.24) is 4.90 Å². The molecule has 9 heteroatoms. The van der Waals surface area contributed by atoms with Crippen LogP contribution in [0.2, 0.25) is 0 Å². The molecule has 1 rings (SSSR count). The Morgan fingerprint density at radius 3 is 2.47 bits per heavy atom. The van der Waals surface area contributed by atoms with Gasteiger partial charge >= 0.3 is 5.97 Å². The molecule has 0 heterocycles. The van der Waals surface area contributed by atoms with Crippen LogP contribution in [0.4, 0.5) is 10.1 Å². The third-order valence-electron chi connectivity index (χ3n) is 5.06. The van der Waals surface area contributed by atoms with Crippen molar-refractivity contribution in [2.45, 2.75) is 67.3 Å². The van der Waals surface area contributed by atoms with Crippen LogP contribution in [0.1, 0.15) is 71.7 Å². The second-order valence-corrected chi connectivity index (χ2v) is 9.40. The Labute approximate surface area is 201 Å². The molecule has 2 atom stereocenters. The first-order valence-corrected chi connectivity index (χ1v) is 11.3. The summed E-state index contributed by atoms with van der Waals surface area (Å²) in [5.41, 5.74) is 5.66. The minimum atomic E-state index is -0.748. The molecule has 0 bridgehead atoms. The molecule has 0 aliphatic heterocycles. The molecule has 2 amide bonds. The number of hydrogen-bond donors (Lipinski definition) is 2. The number of anilines is 1. The highest BCUT2D eigenvalue weighted by molar-refractivity contribution is 6.03. The number of benzene rings is 1. The van der Waals surface area contributed by atoms with Crippen LogP contribution in [-0.2, 0) is 14.3 Å². The number of halogens is 1. The largest absolute Gasteiger partial charge is 0.443 e. The second-order valence-electron chi connectivity index (χ2n) is 9.40. The van der Waals surface area contributed by atoms with Gasteiger partial charge in [-0.2, -0.15) is 4.99 Å². The van der Waals surface area contributed by atoms with E-state index < -0.39 is 23.7 Å². The Kier molecular flexibility index (Phi) is 11.1. The maximum Gasteiger partial charge on any atom is 0.324 e. The van der Waals surface area contributed by atoms with Crippen molar-refractivity contribution in [2.24, 2.45) is 22.1 Å². The minimum absolute atomic E-state index is 0.00777. The predicted molar refractivity (Wildman–Crippen MR) is 132 cm³/mol. The van der Waals surface area contributed by atoms with Gasteiger partial charge < -0.3 is 20.7 Å². The lowest BCUT2D eigenvalue weighted by molar-refractivity contribution is -0.148. The fraction of sp³-hybridized carbons (Fsp3) is 0.520. The third-order valence-corrected chi connectivity index (χ3v) is 5.06. The molecule has 3 N–H and O–H groups in total. The molecule has 0 aromatic heterocycles. The Morgan fingerprint density at radius 2 is 1.94 bits per heavy atom. The van der Waals surface area contributed by atoms with Crippen LogP contribution in [0, 0.1) is 17.2 Å². The van der Waals surface area contributed by atoms with Gasteiger partial charge in [-0.1, -0.05) is 47.1 Å². The number of carbonyl (C=O) groups excluding carboxylic acids is 3. The first-order chi connectivity index (χ1) is 15.8. The fourth-order valence-electron chi connectivity index (χ4n) is 2.84. The van der Waals surface area contributed by atoms with Crippen LogP contribution in [0.25, 0.3) is 0 Å². The SMILES string of the molecule is C/C=C\N(COC(=O)C(N)[C@@H](C)CC)C(C)=NC(=O)c1ccc(NC(=O)CC(C)(C)C)c(F)c1. The van der Waals surface area contributed by atoms with Crippen LogP contribution in [0.3, 0.4) is 0 Å². The van der Waals surface area contributed by atoms with Crippen molar-refractivity contribution < 1.29 is 23.5 Å². The number of hydrogen-bond acceptors (Lipinski definition) is 5. The Bertz CT molecular complexity index is 937. The molecule has 0 spiro atoms. The van der Waals surface area contributed by atoms with E-state index in [2.05, 4.69) is 10.3 Å². The number of amides is 2. The molecule has 0 fully saturated rings. The molecule has 8 nitrogen and oxygen atoms in total. The zero-order valence-corrected chi connectivity index (χ0v) is 21.1. The van der Waals surface area contributed by atoms with E-state index in [0.717, 1.165) is 12.5 Å². The molecule has 0 aliphatic rings. The quantitative estimate of drug-likeness (QED) is 0.235. The van der Waals surface area contributed by atoms with E-state index in [9.17, 15) is 18.8 Å². The highest BCUT2D eigenvalue weighted by atomic mass is 19.1. The van der Waals surface area contributed by atoms with Crippen LogP contribution >= 0.6 is 0 Å². The van der Waals surface area contributed by atoms with E-state index in [4.69, 9.17) is 10.5 Å². The summed E-state index contributed by atoms with van der Waals surface area (Å²) < 4.78 is 19.8. The molecular formula is C25H37FN4O4. The third kappa shape index (κ3) is 9.43. The minimum Gasteiger partial charge on any atom is -0.443 e. The van der Waals surface area contributed by atoms with Crippen LogP contribution in [0.5, 0.6) is 0 Å². The highest BCUT2D eigenvalue weighted by Crippen LogP contribution is 2.21.